The third-order valence-electron chi connectivity index (χ3n) is 26.1. The lowest BCUT2D eigenvalue weighted by atomic mass is 9.95. The molecule has 0 bridgehead atoms. The summed E-state index contributed by atoms with van der Waals surface area (Å²) in [6, 6.07) is -3.12. The molecule has 0 aromatic carbocycles. The van der Waals surface area contributed by atoms with Crippen molar-refractivity contribution in [2.45, 2.75) is 621 Å². The van der Waals surface area contributed by atoms with Crippen molar-refractivity contribution in [3.8, 4) is 0 Å². The van der Waals surface area contributed by atoms with Gasteiger partial charge in [0.15, 0.2) is 24.8 Å². The van der Waals surface area contributed by atoms with Crippen LogP contribution in [0, 0.1) is 0 Å². The van der Waals surface area contributed by atoms with E-state index in [0.717, 1.165) is 122 Å². The van der Waals surface area contributed by atoms with E-state index in [9.17, 15) is 59.7 Å². The molecule has 0 aliphatic carbocycles. The Kier molecular flexibility index (Phi) is 79.5. The first-order chi connectivity index (χ1) is 60.5. The van der Waals surface area contributed by atoms with Crippen LogP contribution in [0.15, 0.2) is 0 Å². The van der Waals surface area contributed by atoms with Crippen molar-refractivity contribution in [3.05, 3.63) is 0 Å². The highest BCUT2D eigenvalue weighted by Crippen LogP contribution is 2.31. The molecule has 2 aliphatic rings. The number of esters is 3. The number of aliphatic hydroxyl groups excluding tert-OH is 7. The summed E-state index contributed by atoms with van der Waals surface area (Å²) in [5.74, 6) is -3.57. The Morgan fingerprint density at radius 1 is 0.298 bits per heavy atom. The van der Waals surface area contributed by atoms with Gasteiger partial charge < -0.3 is 74.8 Å². The van der Waals surface area contributed by atoms with Crippen molar-refractivity contribution in [3.63, 3.8) is 0 Å². The normalized spacial score (nSPS) is 20.1. The summed E-state index contributed by atoms with van der Waals surface area (Å²) in [5.41, 5.74) is 0. The minimum absolute atomic E-state index is 0.195. The molecule has 0 aromatic heterocycles. The predicted octanol–water partition coefficient (Wildman–Crippen LogP) is 24.5. The summed E-state index contributed by atoms with van der Waals surface area (Å²) in [6.07, 6.45) is 63.5. The molecule has 732 valence electrons. The van der Waals surface area contributed by atoms with Crippen molar-refractivity contribution in [2.75, 3.05) is 13.2 Å². The van der Waals surface area contributed by atoms with Crippen LogP contribution in [0.5, 0.6) is 0 Å². The zero-order valence-electron chi connectivity index (χ0n) is 80.8. The molecule has 2 heterocycles. The van der Waals surface area contributed by atoms with Gasteiger partial charge in [-0.3, -0.25) is 24.0 Å². The van der Waals surface area contributed by atoms with Crippen LogP contribution in [-0.4, -0.2) is 164 Å². The van der Waals surface area contributed by atoms with Crippen LogP contribution in [-0.2, 0) is 52.4 Å². The maximum atomic E-state index is 14.9. The molecule has 14 atom stereocenters. The molecule has 2 fully saturated rings. The fraction of sp³-hybridized carbons (Fsp3) is 0.952. The molecule has 20 heteroatoms. The molecule has 20 nitrogen and oxygen atoms in total. The molecular weight excluding hydrogens is 1570 g/mol. The molecule has 2 rings (SSSR count). The summed E-state index contributed by atoms with van der Waals surface area (Å²) in [5, 5.41) is 86.1. The van der Waals surface area contributed by atoms with Gasteiger partial charge in [-0.25, -0.2) is 0 Å². The number of unbranched alkanes of at least 4 members (excludes halogenated alkanes) is 64. The zero-order chi connectivity index (χ0) is 90.2. The third-order valence-corrected chi connectivity index (χ3v) is 26.1. The molecule has 124 heavy (non-hydrogen) atoms. The van der Waals surface area contributed by atoms with Crippen LogP contribution in [0.4, 0.5) is 0 Å². The lowest BCUT2D eigenvalue weighted by molar-refractivity contribution is -0.300. The van der Waals surface area contributed by atoms with Crippen molar-refractivity contribution in [2.24, 2.45) is 0 Å². The first-order valence-corrected chi connectivity index (χ1v) is 53.3. The van der Waals surface area contributed by atoms with Gasteiger partial charge in [0, 0.05) is 6.42 Å². The van der Waals surface area contributed by atoms with Crippen molar-refractivity contribution < 1.29 is 88.1 Å². The van der Waals surface area contributed by atoms with E-state index in [0.29, 0.717) is 57.8 Å². The summed E-state index contributed by atoms with van der Waals surface area (Å²) in [6.45, 7) is 9.66. The predicted molar refractivity (Wildman–Crippen MR) is 505 cm³/mol. The smallest absolute Gasteiger partial charge is 0.308 e. The molecule has 2 amide bonds. The van der Waals surface area contributed by atoms with Gasteiger partial charge in [-0.15, -0.1) is 0 Å². The third kappa shape index (κ3) is 65.5. The Bertz CT molecular complexity index is 2410. The minimum atomic E-state index is -1.95. The Morgan fingerprint density at radius 3 is 0.871 bits per heavy atom. The monoisotopic (exact) mass is 1760 g/mol. The lowest BCUT2D eigenvalue weighted by Gasteiger charge is -2.45. The van der Waals surface area contributed by atoms with Gasteiger partial charge in [-0.05, 0) is 38.5 Å². The zero-order valence-corrected chi connectivity index (χ0v) is 80.8. The second-order valence-electron chi connectivity index (χ2n) is 38.1. The lowest BCUT2D eigenvalue weighted by Crippen LogP contribution is -2.67. The number of hydrogen-bond donors (Lipinski definition) is 9. The Morgan fingerprint density at radius 2 is 0.556 bits per heavy atom. The summed E-state index contributed by atoms with van der Waals surface area (Å²) in [7, 11) is 0. The fourth-order valence-corrected chi connectivity index (χ4v) is 18.1. The molecule has 0 aromatic rings. The van der Waals surface area contributed by atoms with E-state index in [2.05, 4.69) is 45.3 Å². The largest absolute Gasteiger partial charge is 0.462 e. The Labute approximate surface area is 758 Å². The van der Waals surface area contributed by atoms with E-state index in [1.807, 2.05) is 0 Å². The molecule has 0 spiro atoms. The molecular formula is C104H198N2O18. The standard InChI is InChI=1S/C104H198N2O18/c1-6-11-16-21-26-31-36-37-38-39-40-41-42-43-44-45-46-47-48-49-54-59-64-69-74-79-94(113)120-89(78-73-68-63-58-53-35-30-25-20-15-10-5)83-93(112)106-98-102(124-96(115)82-88(110)77-72-67-62-57-52-34-29-24-19-14-9-4)99(116)90(84-107)122-104(98)119-85-91-100(117)101(123-95(114)81-87(109)76-71-66-61-56-51-33-28-23-18-13-8-3)97(103(118)121-91)105-92(111)80-86(108)75-70-65-60-55-50-32-27-22-17-12-7-2/h86-91,97-104,107-110,116-118H,6-85H2,1-5H3,(H,105,111)(H,106,112)/t86-,87-,88-,89-,90-,91-,97-,98-,99-,100-,101-,102-,103?,104-/m1/s1. The van der Waals surface area contributed by atoms with Gasteiger partial charge in [0.1, 0.15) is 42.6 Å². The summed E-state index contributed by atoms with van der Waals surface area (Å²) < 4.78 is 36.8. The van der Waals surface area contributed by atoms with Crippen LogP contribution in [0.1, 0.15) is 535 Å². The van der Waals surface area contributed by atoms with E-state index >= 15 is 0 Å². The number of amides is 2. The molecule has 0 radical (unpaired) electrons. The highest BCUT2D eigenvalue weighted by atomic mass is 16.7. The van der Waals surface area contributed by atoms with Gasteiger partial charge in [-0.1, -0.05) is 465 Å². The first kappa shape index (κ1) is 117. The van der Waals surface area contributed by atoms with E-state index in [-0.39, 0.29) is 19.3 Å². The van der Waals surface area contributed by atoms with Crippen molar-refractivity contribution in [1.82, 2.24) is 10.6 Å². The number of ether oxygens (including phenoxy) is 6. The Balaban J connectivity index is 2.33. The van der Waals surface area contributed by atoms with Crippen molar-refractivity contribution in [1.29, 1.82) is 0 Å². The van der Waals surface area contributed by atoms with Gasteiger partial charge in [-0.2, -0.15) is 0 Å². The molecule has 2 saturated heterocycles. The average molecular weight is 1760 g/mol. The summed E-state index contributed by atoms with van der Waals surface area (Å²) in [4.78, 5) is 70.6. The van der Waals surface area contributed by atoms with Gasteiger partial charge in [0.2, 0.25) is 11.8 Å². The highest BCUT2D eigenvalue weighted by Gasteiger charge is 2.52. The van der Waals surface area contributed by atoms with Crippen LogP contribution < -0.4 is 10.6 Å². The van der Waals surface area contributed by atoms with Crippen LogP contribution >= 0.6 is 0 Å². The topological polar surface area (TPSA) is 306 Å². The Hall–Kier alpha value is -3.05. The van der Waals surface area contributed by atoms with E-state index in [4.69, 9.17) is 28.4 Å². The number of carbonyl (C=O) groups excluding carboxylic acids is 5. The number of aliphatic hydroxyl groups is 7. The van der Waals surface area contributed by atoms with E-state index in [1.54, 1.807) is 0 Å². The van der Waals surface area contributed by atoms with Gasteiger partial charge in [0.25, 0.3) is 0 Å². The molecule has 1 unspecified atom stereocenters. The first-order valence-electron chi connectivity index (χ1n) is 53.3. The SMILES string of the molecule is CCCCCCCCCCCCCCCCCCCCCCCCCCCC(=O)O[C@H](CCCCCCCCCCCCC)CC(=O)N[C@H]1[C@H](OC[C@H]2OC(O)[C@H](NC(=O)C[C@H](O)CCCCCCCCCCCCC)[C@@H](OC(=O)C[C@H](O)CCCCCCCCCCCCC)[C@@H]2O)O[C@H](CO)[C@@H](O)[C@@H]1OC(=O)C[C@H](O)CCCCCCCCCCCCC. The molecule has 2 aliphatic heterocycles. The summed E-state index contributed by atoms with van der Waals surface area (Å²) >= 11 is 0. The second-order valence-corrected chi connectivity index (χ2v) is 38.1. The van der Waals surface area contributed by atoms with Gasteiger partial charge in [0.05, 0.1) is 57.2 Å². The quantitative estimate of drug-likeness (QED) is 0.0155. The fourth-order valence-electron chi connectivity index (χ4n) is 18.1. The highest BCUT2D eigenvalue weighted by molar-refractivity contribution is 5.78. The van der Waals surface area contributed by atoms with Crippen LogP contribution in [0.2, 0.25) is 0 Å². The number of rotatable bonds is 91. The number of carbonyl (C=O) groups is 5. The number of hydrogen-bond acceptors (Lipinski definition) is 18. The second kappa shape index (κ2) is 84.2. The number of nitrogens with one attached hydrogen (secondary N) is 2. The van der Waals surface area contributed by atoms with Crippen LogP contribution in [0.25, 0.3) is 0 Å². The van der Waals surface area contributed by atoms with E-state index in [1.165, 1.54) is 289 Å². The minimum Gasteiger partial charge on any atom is -0.462 e. The average Bonchev–Trinajstić information content (AvgIpc) is 0.789. The van der Waals surface area contributed by atoms with Crippen LogP contribution in [0.3, 0.4) is 0 Å². The molecule has 0 saturated carbocycles. The van der Waals surface area contributed by atoms with Crippen molar-refractivity contribution >= 4 is 29.7 Å². The molecule has 9 N–H and O–H groups in total. The maximum absolute atomic E-state index is 14.9. The van der Waals surface area contributed by atoms with E-state index < -0.39 is 141 Å². The van der Waals surface area contributed by atoms with Gasteiger partial charge >= 0.3 is 17.9 Å². The maximum Gasteiger partial charge on any atom is 0.308 e.